The molecule has 1 fully saturated rings. The van der Waals surface area contributed by atoms with E-state index in [1.54, 1.807) is 11.1 Å². The average molecular weight is 503 g/mol. The topological polar surface area (TPSA) is 88.8 Å². The van der Waals surface area contributed by atoms with Crippen molar-refractivity contribution in [3.8, 4) is 0 Å². The summed E-state index contributed by atoms with van der Waals surface area (Å²) in [6.45, 7) is 6.47. The minimum atomic E-state index is -0.408. The molecular weight excluding hydrogens is 468 g/mol. The van der Waals surface area contributed by atoms with Gasteiger partial charge < -0.3 is 14.5 Å². The second-order valence-corrected chi connectivity index (χ2v) is 9.44. The van der Waals surface area contributed by atoms with Gasteiger partial charge >= 0.3 is 5.69 Å². The minimum Gasteiger partial charge on any atom is -0.381 e. The Labute approximate surface area is 218 Å². The molecule has 2 aromatic carbocycles. The molecule has 0 N–H and O–H groups in total. The zero-order chi connectivity index (χ0) is 26.2. The molecule has 0 aliphatic carbocycles. The number of ether oxygens (including phenoxy) is 1. The number of nitro groups is 1. The lowest BCUT2D eigenvalue weighted by atomic mass is 9.86. The van der Waals surface area contributed by atoms with Crippen molar-refractivity contribution in [2.75, 3.05) is 29.6 Å². The predicted molar refractivity (Wildman–Crippen MR) is 144 cm³/mol. The number of carbonyl (C=O) groups excluding carboxylic acids is 1. The van der Waals surface area contributed by atoms with Crippen LogP contribution in [-0.2, 0) is 22.6 Å². The van der Waals surface area contributed by atoms with Crippen LogP contribution >= 0.6 is 0 Å². The van der Waals surface area contributed by atoms with Crippen molar-refractivity contribution in [2.45, 2.75) is 39.8 Å². The molecule has 194 valence electrons. The monoisotopic (exact) mass is 502 g/mol. The molecular formula is C29H34N4O4. The van der Waals surface area contributed by atoms with Crippen molar-refractivity contribution in [1.82, 2.24) is 4.98 Å². The van der Waals surface area contributed by atoms with Gasteiger partial charge in [-0.05, 0) is 36.8 Å². The van der Waals surface area contributed by atoms with Crippen LogP contribution in [-0.4, -0.2) is 35.6 Å². The van der Waals surface area contributed by atoms with Gasteiger partial charge in [0.2, 0.25) is 11.7 Å². The van der Waals surface area contributed by atoms with Crippen LogP contribution in [0.15, 0.2) is 72.9 Å². The van der Waals surface area contributed by atoms with Crippen LogP contribution in [0.5, 0.6) is 0 Å². The number of amides is 1. The van der Waals surface area contributed by atoms with Crippen molar-refractivity contribution in [3.63, 3.8) is 0 Å². The van der Waals surface area contributed by atoms with Crippen LogP contribution in [0.4, 0.5) is 17.2 Å². The van der Waals surface area contributed by atoms with Crippen molar-refractivity contribution in [1.29, 1.82) is 0 Å². The zero-order valence-corrected chi connectivity index (χ0v) is 21.5. The summed E-state index contributed by atoms with van der Waals surface area (Å²) in [6.07, 6.45) is 3.27. The summed E-state index contributed by atoms with van der Waals surface area (Å²) < 4.78 is 5.45. The van der Waals surface area contributed by atoms with Gasteiger partial charge in [0, 0.05) is 44.8 Å². The molecule has 2 heterocycles. The number of hydrogen-bond donors (Lipinski definition) is 0. The predicted octanol–water partition coefficient (Wildman–Crippen LogP) is 5.61. The Hall–Kier alpha value is -3.78. The normalized spacial score (nSPS) is 14.6. The second kappa shape index (κ2) is 12.5. The van der Waals surface area contributed by atoms with E-state index in [0.29, 0.717) is 38.5 Å². The molecule has 8 nitrogen and oxygen atoms in total. The summed E-state index contributed by atoms with van der Waals surface area (Å²) in [5, 5.41) is 12.3. The standard InChI is InChI=1S/C29H34N4O4/c1-3-32(29(34)22(2)25-14-16-37-17-15-25)26-18-27(33(35)36)28(30-19-26)31(20-23-10-6-4-7-11-23)21-24-12-8-5-9-13-24/h4-13,18-19,22,25H,3,14-17,20-21H2,1-2H3. The fourth-order valence-corrected chi connectivity index (χ4v) is 4.90. The number of nitrogens with zero attached hydrogens (tertiary/aromatic N) is 4. The van der Waals surface area contributed by atoms with Crippen LogP contribution in [0, 0.1) is 22.0 Å². The maximum atomic E-state index is 13.4. The SMILES string of the molecule is CCN(C(=O)C(C)C1CCOCC1)c1cnc(N(Cc2ccccc2)Cc2ccccc2)c([N+](=O)[O-])c1. The van der Waals surface area contributed by atoms with Crippen molar-refractivity contribution >= 4 is 23.1 Å². The van der Waals surface area contributed by atoms with E-state index in [1.807, 2.05) is 79.4 Å². The van der Waals surface area contributed by atoms with Gasteiger partial charge in [0.25, 0.3) is 0 Å². The summed E-state index contributed by atoms with van der Waals surface area (Å²) in [5.41, 5.74) is 2.37. The molecule has 4 rings (SSSR count). The Morgan fingerprint density at radius 2 is 1.62 bits per heavy atom. The van der Waals surface area contributed by atoms with Crippen LogP contribution in [0.25, 0.3) is 0 Å². The van der Waals surface area contributed by atoms with Gasteiger partial charge in [0.1, 0.15) is 0 Å². The lowest BCUT2D eigenvalue weighted by molar-refractivity contribution is -0.384. The highest BCUT2D eigenvalue weighted by Gasteiger charge is 2.31. The van der Waals surface area contributed by atoms with Crippen LogP contribution < -0.4 is 9.80 Å². The first-order valence-corrected chi connectivity index (χ1v) is 12.8. The van der Waals surface area contributed by atoms with Crippen LogP contribution in [0.3, 0.4) is 0 Å². The van der Waals surface area contributed by atoms with Crippen LogP contribution in [0.1, 0.15) is 37.8 Å². The van der Waals surface area contributed by atoms with E-state index >= 15 is 0 Å². The molecule has 0 radical (unpaired) electrons. The summed E-state index contributed by atoms with van der Waals surface area (Å²) in [7, 11) is 0. The molecule has 1 amide bonds. The lowest BCUT2D eigenvalue weighted by Crippen LogP contribution is -2.39. The molecule has 0 bridgehead atoms. The number of anilines is 2. The highest BCUT2D eigenvalue weighted by atomic mass is 16.6. The summed E-state index contributed by atoms with van der Waals surface area (Å²) in [6, 6.07) is 21.1. The quantitative estimate of drug-likeness (QED) is 0.264. The first-order chi connectivity index (χ1) is 18.0. The molecule has 0 spiro atoms. The molecule has 37 heavy (non-hydrogen) atoms. The van der Waals surface area contributed by atoms with Gasteiger partial charge in [-0.3, -0.25) is 14.9 Å². The number of hydrogen-bond acceptors (Lipinski definition) is 6. The number of rotatable bonds is 10. The highest BCUT2D eigenvalue weighted by molar-refractivity contribution is 5.95. The first kappa shape index (κ1) is 26.3. The van der Waals surface area contributed by atoms with Gasteiger partial charge in [-0.2, -0.15) is 0 Å². The Kier molecular flexibility index (Phi) is 8.85. The molecule has 0 saturated carbocycles. The first-order valence-electron chi connectivity index (χ1n) is 12.8. The summed E-state index contributed by atoms with van der Waals surface area (Å²) in [5.74, 6) is 0.283. The number of pyridine rings is 1. The Morgan fingerprint density at radius 3 is 2.14 bits per heavy atom. The Bertz CT molecular complexity index is 1140. The largest absolute Gasteiger partial charge is 0.381 e. The van der Waals surface area contributed by atoms with Gasteiger partial charge in [-0.15, -0.1) is 0 Å². The molecule has 1 atom stereocenters. The van der Waals surface area contributed by atoms with Crippen LogP contribution in [0.2, 0.25) is 0 Å². The van der Waals surface area contributed by atoms with Gasteiger partial charge in [-0.1, -0.05) is 67.6 Å². The number of carbonyl (C=O) groups is 1. The molecule has 1 aliphatic heterocycles. The van der Waals surface area contributed by atoms with Gasteiger partial charge in [0.15, 0.2) is 0 Å². The third kappa shape index (κ3) is 6.51. The molecule has 1 saturated heterocycles. The van der Waals surface area contributed by atoms with E-state index in [0.717, 1.165) is 24.0 Å². The van der Waals surface area contributed by atoms with E-state index < -0.39 is 4.92 Å². The second-order valence-electron chi connectivity index (χ2n) is 9.44. The third-order valence-corrected chi connectivity index (χ3v) is 7.02. The molecule has 1 aliphatic rings. The van der Waals surface area contributed by atoms with E-state index in [1.165, 1.54) is 6.07 Å². The van der Waals surface area contributed by atoms with Gasteiger partial charge in [-0.25, -0.2) is 4.98 Å². The summed E-state index contributed by atoms with van der Waals surface area (Å²) >= 11 is 0. The van der Waals surface area contributed by atoms with E-state index in [2.05, 4.69) is 4.98 Å². The molecule has 8 heteroatoms. The molecule has 1 unspecified atom stereocenters. The molecule has 1 aromatic heterocycles. The van der Waals surface area contributed by atoms with Gasteiger partial charge in [0.05, 0.1) is 16.8 Å². The highest BCUT2D eigenvalue weighted by Crippen LogP contribution is 2.34. The minimum absolute atomic E-state index is 0.0383. The fraction of sp³-hybridized carbons (Fsp3) is 0.379. The lowest BCUT2D eigenvalue weighted by Gasteiger charge is -2.31. The van der Waals surface area contributed by atoms with Crippen molar-refractivity contribution in [2.24, 2.45) is 11.8 Å². The van der Waals surface area contributed by atoms with E-state index in [4.69, 9.17) is 4.74 Å². The summed E-state index contributed by atoms with van der Waals surface area (Å²) in [4.78, 5) is 33.4. The maximum absolute atomic E-state index is 13.4. The van der Waals surface area contributed by atoms with E-state index in [-0.39, 0.29) is 29.2 Å². The van der Waals surface area contributed by atoms with Crippen molar-refractivity contribution < 1.29 is 14.5 Å². The third-order valence-electron chi connectivity index (χ3n) is 7.02. The maximum Gasteiger partial charge on any atom is 0.313 e. The molecule has 3 aromatic rings. The fourth-order valence-electron chi connectivity index (χ4n) is 4.90. The number of aromatic nitrogens is 1. The Balaban J connectivity index is 1.66. The average Bonchev–Trinajstić information content (AvgIpc) is 2.94. The van der Waals surface area contributed by atoms with Crippen molar-refractivity contribution in [3.05, 3.63) is 94.2 Å². The zero-order valence-electron chi connectivity index (χ0n) is 21.5. The Morgan fingerprint density at radius 1 is 1.05 bits per heavy atom. The number of benzene rings is 2. The van der Waals surface area contributed by atoms with E-state index in [9.17, 15) is 14.9 Å². The smallest absolute Gasteiger partial charge is 0.313 e.